The van der Waals surface area contributed by atoms with Gasteiger partial charge in [0.15, 0.2) is 5.82 Å². The van der Waals surface area contributed by atoms with Crippen molar-refractivity contribution >= 4 is 11.5 Å². The molecule has 1 aliphatic heterocycles. The van der Waals surface area contributed by atoms with Crippen molar-refractivity contribution in [3.05, 3.63) is 6.33 Å². The number of likely N-dealkylation sites (tertiary alicyclic amines) is 1. The Balaban J connectivity index is 2.03. The van der Waals surface area contributed by atoms with E-state index in [4.69, 9.17) is 10.5 Å². The average Bonchev–Trinajstić information content (AvgIpc) is 2.40. The zero-order valence-corrected chi connectivity index (χ0v) is 11.7. The molecule has 0 radical (unpaired) electrons. The summed E-state index contributed by atoms with van der Waals surface area (Å²) >= 11 is 0. The van der Waals surface area contributed by atoms with Crippen LogP contribution in [0, 0.1) is 0 Å². The van der Waals surface area contributed by atoms with Crippen LogP contribution in [0.1, 0.15) is 26.2 Å². The lowest BCUT2D eigenvalue weighted by molar-refractivity contribution is 0.260. The van der Waals surface area contributed by atoms with Gasteiger partial charge in [-0.05, 0) is 32.9 Å². The van der Waals surface area contributed by atoms with Crippen LogP contribution >= 0.6 is 0 Å². The number of nitrogens with zero attached hydrogens (tertiary/aromatic N) is 3. The van der Waals surface area contributed by atoms with E-state index >= 15 is 0 Å². The molecule has 0 saturated carbocycles. The molecule has 3 N–H and O–H groups in total. The van der Waals surface area contributed by atoms with Gasteiger partial charge in [-0.3, -0.25) is 0 Å². The van der Waals surface area contributed by atoms with Gasteiger partial charge in [-0.25, -0.2) is 4.98 Å². The van der Waals surface area contributed by atoms with Crippen LogP contribution in [0.5, 0.6) is 5.88 Å². The maximum absolute atomic E-state index is 6.05. The Hall–Kier alpha value is -1.56. The standard InChI is InChI=1S/C13H23N5O/c1-3-7-19-13-11(14)12(15-9-16-13)17-10-5-4-6-18(2)8-10/h9-10H,3-8,14H2,1-2H3,(H,15,16,17). The van der Waals surface area contributed by atoms with Gasteiger partial charge in [0.1, 0.15) is 12.0 Å². The number of nitrogens with one attached hydrogen (secondary N) is 1. The SMILES string of the molecule is CCCOc1ncnc(NC2CCCN(C)C2)c1N. The van der Waals surface area contributed by atoms with E-state index in [2.05, 4.69) is 34.2 Å². The Morgan fingerprint density at radius 3 is 3.11 bits per heavy atom. The highest BCUT2D eigenvalue weighted by Gasteiger charge is 2.19. The largest absolute Gasteiger partial charge is 0.476 e. The van der Waals surface area contributed by atoms with E-state index in [1.165, 1.54) is 12.7 Å². The van der Waals surface area contributed by atoms with E-state index in [1.54, 1.807) is 0 Å². The molecule has 1 fully saturated rings. The van der Waals surface area contributed by atoms with Crippen molar-refractivity contribution in [3.63, 3.8) is 0 Å². The zero-order chi connectivity index (χ0) is 13.7. The molecule has 1 aromatic rings. The van der Waals surface area contributed by atoms with Crippen LogP contribution < -0.4 is 15.8 Å². The monoisotopic (exact) mass is 265 g/mol. The molecule has 2 rings (SSSR count). The lowest BCUT2D eigenvalue weighted by atomic mass is 10.1. The van der Waals surface area contributed by atoms with Gasteiger partial charge in [0, 0.05) is 12.6 Å². The first-order chi connectivity index (χ1) is 9.20. The quantitative estimate of drug-likeness (QED) is 0.837. The van der Waals surface area contributed by atoms with Crippen molar-refractivity contribution < 1.29 is 4.74 Å². The number of hydrogen-bond acceptors (Lipinski definition) is 6. The topological polar surface area (TPSA) is 76.3 Å². The highest BCUT2D eigenvalue weighted by Crippen LogP contribution is 2.26. The zero-order valence-electron chi connectivity index (χ0n) is 11.7. The molecule has 0 spiro atoms. The van der Waals surface area contributed by atoms with Crippen molar-refractivity contribution in [2.24, 2.45) is 0 Å². The third kappa shape index (κ3) is 3.70. The Labute approximate surface area is 114 Å². The van der Waals surface area contributed by atoms with Gasteiger partial charge in [-0.15, -0.1) is 0 Å². The molecule has 6 heteroatoms. The van der Waals surface area contributed by atoms with Gasteiger partial charge in [-0.1, -0.05) is 6.92 Å². The van der Waals surface area contributed by atoms with E-state index in [0.29, 0.717) is 30.0 Å². The van der Waals surface area contributed by atoms with Crippen LogP contribution in [-0.4, -0.2) is 47.7 Å². The minimum Gasteiger partial charge on any atom is -0.476 e. The number of rotatable bonds is 5. The van der Waals surface area contributed by atoms with Crippen LogP contribution in [-0.2, 0) is 0 Å². The number of anilines is 2. The first kappa shape index (κ1) is 13.9. The van der Waals surface area contributed by atoms with Crippen molar-refractivity contribution in [3.8, 4) is 5.88 Å². The smallest absolute Gasteiger partial charge is 0.242 e. The molecule has 1 atom stereocenters. The molecular formula is C13H23N5O. The Morgan fingerprint density at radius 1 is 1.53 bits per heavy atom. The highest BCUT2D eigenvalue weighted by molar-refractivity contribution is 5.66. The van der Waals surface area contributed by atoms with E-state index in [-0.39, 0.29) is 0 Å². The maximum Gasteiger partial charge on any atom is 0.242 e. The predicted octanol–water partition coefficient (Wildman–Crippen LogP) is 1.35. The average molecular weight is 265 g/mol. The lowest BCUT2D eigenvalue weighted by Crippen LogP contribution is -2.40. The predicted molar refractivity (Wildman–Crippen MR) is 76.4 cm³/mol. The minimum absolute atomic E-state index is 0.384. The van der Waals surface area contributed by atoms with E-state index in [1.807, 2.05) is 0 Å². The van der Waals surface area contributed by atoms with E-state index in [0.717, 1.165) is 25.9 Å². The molecular weight excluding hydrogens is 242 g/mol. The summed E-state index contributed by atoms with van der Waals surface area (Å²) < 4.78 is 5.51. The molecule has 0 bridgehead atoms. The van der Waals surface area contributed by atoms with E-state index in [9.17, 15) is 0 Å². The van der Waals surface area contributed by atoms with Gasteiger partial charge in [0.05, 0.1) is 6.61 Å². The summed E-state index contributed by atoms with van der Waals surface area (Å²) in [4.78, 5) is 10.6. The molecule has 6 nitrogen and oxygen atoms in total. The molecule has 19 heavy (non-hydrogen) atoms. The van der Waals surface area contributed by atoms with Gasteiger partial charge in [0.2, 0.25) is 5.88 Å². The van der Waals surface area contributed by atoms with Crippen molar-refractivity contribution in [1.82, 2.24) is 14.9 Å². The van der Waals surface area contributed by atoms with Crippen LogP contribution in [0.15, 0.2) is 6.33 Å². The highest BCUT2D eigenvalue weighted by atomic mass is 16.5. The Morgan fingerprint density at radius 2 is 2.37 bits per heavy atom. The molecule has 106 valence electrons. The first-order valence-corrected chi connectivity index (χ1v) is 6.89. The maximum atomic E-state index is 6.05. The molecule has 1 aliphatic rings. The fourth-order valence-corrected chi connectivity index (χ4v) is 2.29. The fraction of sp³-hybridized carbons (Fsp3) is 0.692. The Kier molecular flexibility index (Phi) is 4.79. The minimum atomic E-state index is 0.384. The third-order valence-corrected chi connectivity index (χ3v) is 3.26. The summed E-state index contributed by atoms with van der Waals surface area (Å²) in [6, 6.07) is 0.384. The number of likely N-dealkylation sites (N-methyl/N-ethyl adjacent to an activating group) is 1. The molecule has 1 unspecified atom stereocenters. The molecule has 0 amide bonds. The van der Waals surface area contributed by atoms with Gasteiger partial charge in [-0.2, -0.15) is 4.98 Å². The van der Waals surface area contributed by atoms with Crippen LogP contribution in [0.2, 0.25) is 0 Å². The summed E-state index contributed by atoms with van der Waals surface area (Å²) in [6.07, 6.45) is 4.76. The molecule has 1 aromatic heterocycles. The first-order valence-electron chi connectivity index (χ1n) is 6.89. The Bertz CT molecular complexity index is 412. The number of piperidine rings is 1. The van der Waals surface area contributed by atoms with Crippen LogP contribution in [0.4, 0.5) is 11.5 Å². The summed E-state index contributed by atoms with van der Waals surface area (Å²) in [7, 11) is 2.13. The number of nitrogens with two attached hydrogens (primary N) is 1. The summed E-state index contributed by atoms with van der Waals surface area (Å²) in [5, 5.41) is 3.40. The summed E-state index contributed by atoms with van der Waals surface area (Å²) in [5.74, 6) is 1.16. The van der Waals surface area contributed by atoms with Crippen LogP contribution in [0.3, 0.4) is 0 Å². The van der Waals surface area contributed by atoms with Gasteiger partial charge in [0.25, 0.3) is 0 Å². The summed E-state index contributed by atoms with van der Waals surface area (Å²) in [6.45, 7) is 4.83. The molecule has 0 aromatic carbocycles. The van der Waals surface area contributed by atoms with E-state index < -0.39 is 0 Å². The molecule has 2 heterocycles. The van der Waals surface area contributed by atoms with Gasteiger partial charge < -0.3 is 20.7 Å². The normalized spacial score (nSPS) is 20.2. The molecule has 1 saturated heterocycles. The van der Waals surface area contributed by atoms with Crippen LogP contribution in [0.25, 0.3) is 0 Å². The van der Waals surface area contributed by atoms with Crippen molar-refractivity contribution in [1.29, 1.82) is 0 Å². The second-order valence-corrected chi connectivity index (χ2v) is 5.04. The number of aromatic nitrogens is 2. The lowest BCUT2D eigenvalue weighted by Gasteiger charge is -2.30. The van der Waals surface area contributed by atoms with Gasteiger partial charge >= 0.3 is 0 Å². The number of hydrogen-bond donors (Lipinski definition) is 2. The third-order valence-electron chi connectivity index (χ3n) is 3.26. The molecule has 0 aliphatic carbocycles. The number of nitrogen functional groups attached to an aromatic ring is 1. The fourth-order valence-electron chi connectivity index (χ4n) is 2.29. The summed E-state index contributed by atoms with van der Waals surface area (Å²) in [5.41, 5.74) is 6.55. The number of ether oxygens (including phenoxy) is 1. The second kappa shape index (κ2) is 6.56. The second-order valence-electron chi connectivity index (χ2n) is 5.04. The van der Waals surface area contributed by atoms with Crippen molar-refractivity contribution in [2.45, 2.75) is 32.2 Å². The van der Waals surface area contributed by atoms with Crippen molar-refractivity contribution in [2.75, 3.05) is 37.8 Å².